The van der Waals surface area contributed by atoms with Crippen LogP contribution in [0.5, 0.6) is 0 Å². The highest BCUT2D eigenvalue weighted by Gasteiger charge is 2.35. The second-order valence-corrected chi connectivity index (χ2v) is 5.50. The van der Waals surface area contributed by atoms with Gasteiger partial charge in [-0.2, -0.15) is 0 Å². The maximum absolute atomic E-state index is 12.5. The zero-order valence-corrected chi connectivity index (χ0v) is 13.5. The fourth-order valence-corrected chi connectivity index (χ4v) is 2.48. The number of urea groups is 1. The number of amides is 2. The van der Waals surface area contributed by atoms with Crippen molar-refractivity contribution in [1.82, 2.24) is 14.7 Å². The van der Waals surface area contributed by atoms with Crippen molar-refractivity contribution in [2.45, 2.75) is 46.1 Å². The van der Waals surface area contributed by atoms with Crippen LogP contribution in [-0.4, -0.2) is 77.1 Å². The highest BCUT2D eigenvalue weighted by atomic mass is 16.4. The van der Waals surface area contributed by atoms with Crippen LogP contribution in [0.1, 0.15) is 40.0 Å². The molecule has 1 rings (SSSR count). The lowest BCUT2D eigenvalue weighted by Gasteiger charge is -2.29. The Labute approximate surface area is 127 Å². The van der Waals surface area contributed by atoms with Crippen LogP contribution in [0.3, 0.4) is 0 Å². The molecule has 21 heavy (non-hydrogen) atoms. The SMILES string of the molecule is CCN(CC)CCCN(CC)C(=O)N(CC(=O)O)C1CC1. The predicted octanol–water partition coefficient (Wildman–Crippen LogP) is 1.71. The maximum atomic E-state index is 12.5. The molecule has 0 unspecified atom stereocenters. The van der Waals surface area contributed by atoms with Gasteiger partial charge in [0.1, 0.15) is 6.54 Å². The molecule has 0 atom stereocenters. The number of hydrogen-bond donors (Lipinski definition) is 1. The molecular weight excluding hydrogens is 270 g/mol. The lowest BCUT2D eigenvalue weighted by molar-refractivity contribution is -0.137. The first-order chi connectivity index (χ1) is 10.0. The highest BCUT2D eigenvalue weighted by Crippen LogP contribution is 2.27. The number of carboxylic acid groups (broad SMARTS) is 1. The van der Waals surface area contributed by atoms with E-state index in [1.165, 1.54) is 4.90 Å². The summed E-state index contributed by atoms with van der Waals surface area (Å²) < 4.78 is 0. The zero-order valence-electron chi connectivity index (χ0n) is 13.5. The quantitative estimate of drug-likeness (QED) is 0.667. The molecule has 0 bridgehead atoms. The monoisotopic (exact) mass is 299 g/mol. The summed E-state index contributed by atoms with van der Waals surface area (Å²) in [5.74, 6) is -0.936. The van der Waals surface area contributed by atoms with Crippen LogP contribution in [0.25, 0.3) is 0 Å². The second-order valence-electron chi connectivity index (χ2n) is 5.50. The van der Waals surface area contributed by atoms with Crippen LogP contribution in [0, 0.1) is 0 Å². The number of aliphatic carboxylic acids is 1. The minimum Gasteiger partial charge on any atom is -0.480 e. The largest absolute Gasteiger partial charge is 0.480 e. The third-order valence-electron chi connectivity index (χ3n) is 3.99. The van der Waals surface area contributed by atoms with E-state index in [0.717, 1.165) is 38.9 Å². The van der Waals surface area contributed by atoms with Crippen molar-refractivity contribution in [3.8, 4) is 0 Å². The summed E-state index contributed by atoms with van der Waals surface area (Å²) in [4.78, 5) is 29.0. The maximum Gasteiger partial charge on any atom is 0.323 e. The van der Waals surface area contributed by atoms with Gasteiger partial charge in [0, 0.05) is 19.1 Å². The van der Waals surface area contributed by atoms with Gasteiger partial charge in [0.25, 0.3) is 0 Å². The van der Waals surface area contributed by atoms with Gasteiger partial charge in [-0.25, -0.2) is 4.79 Å². The van der Waals surface area contributed by atoms with E-state index in [9.17, 15) is 9.59 Å². The lowest BCUT2D eigenvalue weighted by Crippen LogP contribution is -2.47. The Morgan fingerprint density at radius 2 is 1.67 bits per heavy atom. The van der Waals surface area contributed by atoms with E-state index in [0.29, 0.717) is 13.1 Å². The molecule has 6 nitrogen and oxygen atoms in total. The molecule has 0 aromatic carbocycles. The molecule has 1 aliphatic rings. The number of hydrogen-bond acceptors (Lipinski definition) is 3. The first-order valence-electron chi connectivity index (χ1n) is 8.03. The van der Waals surface area contributed by atoms with E-state index in [1.807, 2.05) is 6.92 Å². The van der Waals surface area contributed by atoms with E-state index in [1.54, 1.807) is 4.90 Å². The van der Waals surface area contributed by atoms with Crippen LogP contribution >= 0.6 is 0 Å². The summed E-state index contributed by atoms with van der Waals surface area (Å²) in [5, 5.41) is 8.96. The molecule has 0 aromatic rings. The van der Waals surface area contributed by atoms with Gasteiger partial charge in [0.2, 0.25) is 0 Å². The third-order valence-corrected chi connectivity index (χ3v) is 3.99. The third kappa shape index (κ3) is 5.91. The summed E-state index contributed by atoms with van der Waals surface area (Å²) in [5.41, 5.74) is 0. The number of nitrogens with zero attached hydrogens (tertiary/aromatic N) is 3. The molecule has 0 spiro atoms. The average molecular weight is 299 g/mol. The van der Waals surface area contributed by atoms with E-state index < -0.39 is 5.97 Å². The van der Waals surface area contributed by atoms with Gasteiger partial charge in [-0.05, 0) is 45.8 Å². The summed E-state index contributed by atoms with van der Waals surface area (Å²) in [6.07, 6.45) is 2.78. The molecule has 0 radical (unpaired) electrons. The van der Waals surface area contributed by atoms with E-state index in [-0.39, 0.29) is 18.6 Å². The van der Waals surface area contributed by atoms with Crippen molar-refractivity contribution < 1.29 is 14.7 Å². The number of carbonyl (C=O) groups is 2. The van der Waals surface area contributed by atoms with E-state index >= 15 is 0 Å². The van der Waals surface area contributed by atoms with E-state index in [4.69, 9.17) is 5.11 Å². The van der Waals surface area contributed by atoms with Gasteiger partial charge in [-0.15, -0.1) is 0 Å². The van der Waals surface area contributed by atoms with Crippen molar-refractivity contribution in [3.63, 3.8) is 0 Å². The number of rotatable bonds is 10. The molecule has 122 valence electrons. The fraction of sp³-hybridized carbons (Fsp3) is 0.867. The van der Waals surface area contributed by atoms with Crippen molar-refractivity contribution in [2.75, 3.05) is 39.3 Å². The zero-order chi connectivity index (χ0) is 15.8. The fourth-order valence-electron chi connectivity index (χ4n) is 2.48. The average Bonchev–Trinajstić information content (AvgIpc) is 3.29. The molecule has 1 N–H and O–H groups in total. The summed E-state index contributed by atoms with van der Waals surface area (Å²) in [7, 11) is 0. The van der Waals surface area contributed by atoms with Crippen LogP contribution < -0.4 is 0 Å². The van der Waals surface area contributed by atoms with Gasteiger partial charge in [0.05, 0.1) is 0 Å². The molecule has 0 aromatic heterocycles. The van der Waals surface area contributed by atoms with Gasteiger partial charge in [-0.1, -0.05) is 13.8 Å². The molecule has 0 aliphatic heterocycles. The Morgan fingerprint density at radius 3 is 2.10 bits per heavy atom. The Bertz CT molecular complexity index is 341. The minimum absolute atomic E-state index is 0.123. The normalized spacial score (nSPS) is 14.3. The second kappa shape index (κ2) is 8.87. The van der Waals surface area contributed by atoms with E-state index in [2.05, 4.69) is 18.7 Å². The standard InChI is InChI=1S/C15H29N3O3/c1-4-16(5-2)10-7-11-17(6-3)15(21)18(12-14(19)20)13-8-9-13/h13H,4-12H2,1-3H3,(H,19,20). The topological polar surface area (TPSA) is 64.1 Å². The van der Waals surface area contributed by atoms with Crippen molar-refractivity contribution >= 4 is 12.0 Å². The summed E-state index contributed by atoms with van der Waals surface area (Å²) in [6.45, 7) is 10.3. The molecule has 0 saturated heterocycles. The molecule has 1 saturated carbocycles. The van der Waals surface area contributed by atoms with Crippen molar-refractivity contribution in [1.29, 1.82) is 0 Å². The minimum atomic E-state index is -0.936. The molecule has 1 aliphatic carbocycles. The molecule has 2 amide bonds. The first-order valence-corrected chi connectivity index (χ1v) is 8.03. The Hall–Kier alpha value is -1.30. The van der Waals surface area contributed by atoms with Crippen LogP contribution in [0.2, 0.25) is 0 Å². The Kier molecular flexibility index (Phi) is 7.50. The summed E-state index contributed by atoms with van der Waals surface area (Å²) in [6, 6.07) is 0.00683. The van der Waals surface area contributed by atoms with Gasteiger partial charge in [0.15, 0.2) is 0 Å². The molecule has 0 heterocycles. The Balaban J connectivity index is 2.48. The molecular formula is C15H29N3O3. The van der Waals surface area contributed by atoms with Crippen LogP contribution in [0.4, 0.5) is 4.79 Å². The van der Waals surface area contributed by atoms with Gasteiger partial charge in [-0.3, -0.25) is 4.79 Å². The summed E-state index contributed by atoms with van der Waals surface area (Å²) >= 11 is 0. The van der Waals surface area contributed by atoms with Gasteiger partial charge < -0.3 is 19.8 Å². The Morgan fingerprint density at radius 1 is 1.05 bits per heavy atom. The van der Waals surface area contributed by atoms with Gasteiger partial charge >= 0.3 is 12.0 Å². The predicted molar refractivity (Wildman–Crippen MR) is 82.4 cm³/mol. The number of carboxylic acids is 1. The van der Waals surface area contributed by atoms with Crippen molar-refractivity contribution in [3.05, 3.63) is 0 Å². The lowest BCUT2D eigenvalue weighted by atomic mass is 10.3. The van der Waals surface area contributed by atoms with Crippen molar-refractivity contribution in [2.24, 2.45) is 0 Å². The number of carbonyl (C=O) groups excluding carboxylic acids is 1. The molecule has 1 fully saturated rings. The van der Waals surface area contributed by atoms with Crippen LogP contribution in [0.15, 0.2) is 0 Å². The highest BCUT2D eigenvalue weighted by molar-refractivity contribution is 5.80. The van der Waals surface area contributed by atoms with Crippen LogP contribution in [-0.2, 0) is 4.79 Å². The first kappa shape index (κ1) is 17.8. The smallest absolute Gasteiger partial charge is 0.323 e. The molecule has 6 heteroatoms.